The smallest absolute Gasteiger partial charge is 0.226 e. The van der Waals surface area contributed by atoms with Crippen LogP contribution in [0.4, 0.5) is 5.69 Å². The van der Waals surface area contributed by atoms with E-state index < -0.39 is 0 Å². The van der Waals surface area contributed by atoms with Gasteiger partial charge in [0.1, 0.15) is 0 Å². The summed E-state index contributed by atoms with van der Waals surface area (Å²) in [4.78, 5) is 12.0. The van der Waals surface area contributed by atoms with Gasteiger partial charge in [0.05, 0.1) is 5.69 Å². The molecule has 1 heterocycles. The largest absolute Gasteiger partial charge is 0.326 e. The lowest BCUT2D eigenvalue weighted by Crippen LogP contribution is -2.16. The van der Waals surface area contributed by atoms with Crippen molar-refractivity contribution in [3.63, 3.8) is 0 Å². The first-order chi connectivity index (χ1) is 10.0. The van der Waals surface area contributed by atoms with Crippen LogP contribution in [0.1, 0.15) is 28.9 Å². The molecule has 0 aliphatic heterocycles. The van der Waals surface area contributed by atoms with Crippen LogP contribution in [0.3, 0.4) is 0 Å². The number of rotatable bonds is 5. The van der Waals surface area contributed by atoms with Crippen molar-refractivity contribution in [2.45, 2.75) is 40.3 Å². The predicted octanol–water partition coefficient (Wildman–Crippen LogP) is 2.30. The minimum Gasteiger partial charge on any atom is -0.326 e. The molecule has 0 unspecified atom stereocenters. The number of nitrogens with zero attached hydrogens (tertiary/aromatic N) is 2. The summed E-state index contributed by atoms with van der Waals surface area (Å²) in [6.07, 6.45) is 0.397. The standard InChI is InChI=1S/C16H22N4O/c1-11-12(2)19-20(13(11)3)8-7-16(21)18-15-6-4-5-14(9-15)10-17/h4-6,9H,7-8,10,17H2,1-3H3,(H,18,21). The molecule has 0 radical (unpaired) electrons. The molecule has 1 aromatic carbocycles. The van der Waals surface area contributed by atoms with E-state index in [1.54, 1.807) is 0 Å². The molecule has 0 aliphatic carbocycles. The highest BCUT2D eigenvalue weighted by atomic mass is 16.1. The van der Waals surface area contributed by atoms with Crippen molar-refractivity contribution < 1.29 is 4.79 Å². The SMILES string of the molecule is Cc1nn(CCC(=O)Nc2cccc(CN)c2)c(C)c1C. The first-order valence-corrected chi connectivity index (χ1v) is 7.10. The number of hydrogen-bond acceptors (Lipinski definition) is 3. The van der Waals surface area contributed by atoms with Gasteiger partial charge in [-0.3, -0.25) is 9.48 Å². The Bertz CT molecular complexity index is 646. The molecule has 2 aromatic rings. The molecule has 21 heavy (non-hydrogen) atoms. The van der Waals surface area contributed by atoms with Gasteiger partial charge in [-0.05, 0) is 44.0 Å². The molecule has 0 spiro atoms. The Morgan fingerprint density at radius 3 is 2.71 bits per heavy atom. The molecule has 3 N–H and O–H groups in total. The van der Waals surface area contributed by atoms with Crippen molar-refractivity contribution in [1.29, 1.82) is 0 Å². The molecule has 0 fully saturated rings. The van der Waals surface area contributed by atoms with E-state index in [0.717, 1.165) is 22.6 Å². The van der Waals surface area contributed by atoms with Crippen molar-refractivity contribution >= 4 is 11.6 Å². The molecule has 0 aliphatic rings. The molecule has 1 amide bonds. The lowest BCUT2D eigenvalue weighted by molar-refractivity contribution is -0.116. The third-order valence-electron chi connectivity index (χ3n) is 3.74. The predicted molar refractivity (Wildman–Crippen MR) is 84.0 cm³/mol. The number of nitrogens with one attached hydrogen (secondary N) is 1. The Hall–Kier alpha value is -2.14. The molecule has 0 saturated carbocycles. The number of amides is 1. The number of carbonyl (C=O) groups is 1. The van der Waals surface area contributed by atoms with Gasteiger partial charge in [-0.25, -0.2) is 0 Å². The van der Waals surface area contributed by atoms with E-state index in [0.29, 0.717) is 19.5 Å². The van der Waals surface area contributed by atoms with E-state index in [2.05, 4.69) is 10.4 Å². The van der Waals surface area contributed by atoms with E-state index in [-0.39, 0.29) is 5.91 Å². The Morgan fingerprint density at radius 2 is 2.10 bits per heavy atom. The van der Waals surface area contributed by atoms with Gasteiger partial charge in [0.25, 0.3) is 0 Å². The summed E-state index contributed by atoms with van der Waals surface area (Å²) in [6, 6.07) is 7.59. The molecule has 0 atom stereocenters. The minimum absolute atomic E-state index is 0.0191. The van der Waals surface area contributed by atoms with Crippen LogP contribution in [0.5, 0.6) is 0 Å². The highest BCUT2D eigenvalue weighted by molar-refractivity contribution is 5.90. The summed E-state index contributed by atoms with van der Waals surface area (Å²) in [7, 11) is 0. The molecule has 2 rings (SSSR count). The van der Waals surface area contributed by atoms with Gasteiger partial charge < -0.3 is 11.1 Å². The van der Waals surface area contributed by atoms with Crippen molar-refractivity contribution in [3.05, 3.63) is 46.8 Å². The monoisotopic (exact) mass is 286 g/mol. The van der Waals surface area contributed by atoms with Crippen molar-refractivity contribution in [2.75, 3.05) is 5.32 Å². The van der Waals surface area contributed by atoms with E-state index in [4.69, 9.17) is 5.73 Å². The Balaban J connectivity index is 1.94. The number of carbonyl (C=O) groups excluding carboxylic acids is 1. The van der Waals surface area contributed by atoms with Crippen molar-refractivity contribution in [1.82, 2.24) is 9.78 Å². The van der Waals surface area contributed by atoms with E-state index in [9.17, 15) is 4.79 Å². The molecule has 1 aromatic heterocycles. The van der Waals surface area contributed by atoms with E-state index >= 15 is 0 Å². The lowest BCUT2D eigenvalue weighted by atomic mass is 10.2. The molecule has 0 bridgehead atoms. The van der Waals surface area contributed by atoms with Crippen LogP contribution in [-0.4, -0.2) is 15.7 Å². The van der Waals surface area contributed by atoms with Crippen molar-refractivity contribution in [2.24, 2.45) is 5.73 Å². The number of anilines is 1. The first-order valence-electron chi connectivity index (χ1n) is 7.10. The van der Waals surface area contributed by atoms with Gasteiger partial charge in [-0.1, -0.05) is 12.1 Å². The molecular weight excluding hydrogens is 264 g/mol. The zero-order valence-electron chi connectivity index (χ0n) is 12.8. The summed E-state index contributed by atoms with van der Waals surface area (Å²) in [6.45, 7) is 7.11. The van der Waals surface area contributed by atoms with Crippen LogP contribution in [0.15, 0.2) is 24.3 Å². The zero-order chi connectivity index (χ0) is 15.4. The number of hydrogen-bond donors (Lipinski definition) is 2. The van der Waals surface area contributed by atoms with Crippen LogP contribution in [-0.2, 0) is 17.9 Å². The molecule has 112 valence electrons. The average Bonchev–Trinajstić information content (AvgIpc) is 2.72. The topological polar surface area (TPSA) is 72.9 Å². The van der Waals surface area contributed by atoms with Crippen LogP contribution >= 0.6 is 0 Å². The van der Waals surface area contributed by atoms with Gasteiger partial charge in [0, 0.05) is 30.9 Å². The number of aromatic nitrogens is 2. The highest BCUT2D eigenvalue weighted by Gasteiger charge is 2.09. The van der Waals surface area contributed by atoms with Gasteiger partial charge in [-0.2, -0.15) is 5.10 Å². The molecule has 0 saturated heterocycles. The van der Waals surface area contributed by atoms with Crippen LogP contribution in [0.25, 0.3) is 0 Å². The maximum absolute atomic E-state index is 12.0. The van der Waals surface area contributed by atoms with Gasteiger partial charge in [-0.15, -0.1) is 0 Å². The van der Waals surface area contributed by atoms with Gasteiger partial charge >= 0.3 is 0 Å². The number of nitrogens with two attached hydrogens (primary N) is 1. The second-order valence-corrected chi connectivity index (χ2v) is 5.22. The fraction of sp³-hybridized carbons (Fsp3) is 0.375. The fourth-order valence-electron chi connectivity index (χ4n) is 2.21. The lowest BCUT2D eigenvalue weighted by Gasteiger charge is -2.08. The van der Waals surface area contributed by atoms with Crippen molar-refractivity contribution in [3.8, 4) is 0 Å². The molecule has 5 heteroatoms. The van der Waals surface area contributed by atoms with E-state index in [1.165, 1.54) is 5.56 Å². The Morgan fingerprint density at radius 1 is 1.33 bits per heavy atom. The maximum Gasteiger partial charge on any atom is 0.226 e. The molecule has 5 nitrogen and oxygen atoms in total. The third kappa shape index (κ3) is 3.70. The fourth-order valence-corrected chi connectivity index (χ4v) is 2.21. The van der Waals surface area contributed by atoms with Crippen LogP contribution in [0.2, 0.25) is 0 Å². The van der Waals surface area contributed by atoms with E-state index in [1.807, 2.05) is 49.7 Å². The van der Waals surface area contributed by atoms with Gasteiger partial charge in [0.15, 0.2) is 0 Å². The summed E-state index contributed by atoms with van der Waals surface area (Å²) in [5.41, 5.74) is 10.7. The number of aryl methyl sites for hydroxylation is 2. The van der Waals surface area contributed by atoms with Crippen LogP contribution < -0.4 is 11.1 Å². The highest BCUT2D eigenvalue weighted by Crippen LogP contribution is 2.13. The third-order valence-corrected chi connectivity index (χ3v) is 3.74. The first kappa shape index (κ1) is 15.3. The number of benzene rings is 1. The maximum atomic E-state index is 12.0. The Kier molecular flexibility index (Phi) is 4.75. The summed E-state index contributed by atoms with van der Waals surface area (Å²) >= 11 is 0. The zero-order valence-corrected chi connectivity index (χ0v) is 12.8. The second-order valence-electron chi connectivity index (χ2n) is 5.22. The summed E-state index contributed by atoms with van der Waals surface area (Å²) in [5.74, 6) is -0.0191. The molecular formula is C16H22N4O. The normalized spacial score (nSPS) is 10.7. The summed E-state index contributed by atoms with van der Waals surface area (Å²) in [5, 5.41) is 7.33. The Labute approximate surface area is 125 Å². The second kappa shape index (κ2) is 6.54. The minimum atomic E-state index is -0.0191. The average molecular weight is 286 g/mol. The van der Waals surface area contributed by atoms with Crippen LogP contribution in [0, 0.1) is 20.8 Å². The summed E-state index contributed by atoms with van der Waals surface area (Å²) < 4.78 is 1.89. The van der Waals surface area contributed by atoms with Gasteiger partial charge in [0.2, 0.25) is 5.91 Å². The quantitative estimate of drug-likeness (QED) is 0.885.